The Bertz CT molecular complexity index is 2320. The molecule has 0 saturated heterocycles. The summed E-state index contributed by atoms with van der Waals surface area (Å²) in [6.45, 7) is 6.97. The van der Waals surface area contributed by atoms with Crippen LogP contribution >= 0.6 is 0 Å². The van der Waals surface area contributed by atoms with Crippen LogP contribution in [0.25, 0.3) is 76.5 Å². The molecule has 0 N–H and O–H groups in total. The average molecular weight is 592 g/mol. The minimum Gasteiger partial charge on any atom is -0.0710 e. The van der Waals surface area contributed by atoms with Gasteiger partial charge in [0, 0.05) is 8.80 Å². The number of rotatable bonds is 5. The summed E-state index contributed by atoms with van der Waals surface area (Å²) in [5, 5.41) is 10.5. The van der Waals surface area contributed by atoms with Gasteiger partial charge >= 0.3 is 0 Å². The quantitative estimate of drug-likeness (QED) is 0.138. The largest absolute Gasteiger partial charge is 0.0710 e. The molecule has 0 nitrogen and oxygen atoms in total. The molecule has 8 aromatic carbocycles. The SMILES string of the molecule is Cc1ccc2ccc(-c3ccc(-c4c5ccccc5c(-c5ccc(C[Si](C)C)c6ccccc56)c5ccccc45)cc3)cc2c1. The first-order valence-corrected chi connectivity index (χ1v) is 18.6. The van der Waals surface area contributed by atoms with Crippen molar-refractivity contribution in [3.8, 4) is 33.4 Å². The highest BCUT2D eigenvalue weighted by atomic mass is 28.3. The molecule has 45 heavy (non-hydrogen) atoms. The third-order valence-electron chi connectivity index (χ3n) is 9.26. The van der Waals surface area contributed by atoms with Crippen LogP contribution in [0, 0.1) is 6.92 Å². The Morgan fingerprint density at radius 3 is 1.60 bits per heavy atom. The van der Waals surface area contributed by atoms with Crippen LogP contribution in [0.4, 0.5) is 0 Å². The molecule has 8 rings (SSSR count). The van der Waals surface area contributed by atoms with Gasteiger partial charge in [-0.15, -0.1) is 0 Å². The van der Waals surface area contributed by atoms with Gasteiger partial charge < -0.3 is 0 Å². The van der Waals surface area contributed by atoms with Crippen molar-refractivity contribution in [3.63, 3.8) is 0 Å². The Morgan fingerprint density at radius 1 is 0.422 bits per heavy atom. The van der Waals surface area contributed by atoms with Crippen molar-refractivity contribution in [2.45, 2.75) is 26.1 Å². The molecule has 0 aliphatic rings. The Labute approximate surface area is 267 Å². The van der Waals surface area contributed by atoms with Crippen molar-refractivity contribution in [1.82, 2.24) is 0 Å². The van der Waals surface area contributed by atoms with Crippen LogP contribution in [0.1, 0.15) is 11.1 Å². The number of hydrogen-bond donors (Lipinski definition) is 0. The monoisotopic (exact) mass is 591 g/mol. The first-order chi connectivity index (χ1) is 22.0. The first kappa shape index (κ1) is 27.6. The number of fused-ring (bicyclic) bond motifs is 4. The summed E-state index contributed by atoms with van der Waals surface area (Å²) in [4.78, 5) is 0. The van der Waals surface area contributed by atoms with E-state index in [-0.39, 0.29) is 0 Å². The van der Waals surface area contributed by atoms with E-state index < -0.39 is 8.80 Å². The standard InChI is InChI=1S/C44H35Si/c1-29-16-17-31-20-23-33(27-35(31)26-29)30-18-21-32(22-19-30)43-38-12-6-8-14-40(38)44(41-15-9-7-13-39(41)43)42-25-24-34(28-45(2)3)36-10-4-5-11-37(36)42/h4-27H,28H2,1-3H3. The van der Waals surface area contributed by atoms with Gasteiger partial charge in [0.1, 0.15) is 0 Å². The van der Waals surface area contributed by atoms with Crippen molar-refractivity contribution in [3.05, 3.63) is 157 Å². The van der Waals surface area contributed by atoms with Crippen LogP contribution in [0.3, 0.4) is 0 Å². The summed E-state index contributed by atoms with van der Waals surface area (Å²) in [5.74, 6) is 0. The Morgan fingerprint density at radius 2 is 0.956 bits per heavy atom. The summed E-state index contributed by atoms with van der Waals surface area (Å²) in [5.41, 5.74) is 10.4. The maximum atomic E-state index is 2.41. The van der Waals surface area contributed by atoms with Gasteiger partial charge in [0.15, 0.2) is 0 Å². The van der Waals surface area contributed by atoms with E-state index in [2.05, 4.69) is 166 Å². The molecule has 0 heterocycles. The summed E-state index contributed by atoms with van der Waals surface area (Å²) in [7, 11) is -0.391. The second kappa shape index (κ2) is 11.2. The summed E-state index contributed by atoms with van der Waals surface area (Å²) in [6.07, 6.45) is 0. The van der Waals surface area contributed by atoms with Crippen LogP contribution in [-0.4, -0.2) is 8.80 Å². The zero-order chi connectivity index (χ0) is 30.5. The van der Waals surface area contributed by atoms with E-state index in [1.165, 1.54) is 93.6 Å². The van der Waals surface area contributed by atoms with E-state index in [1.54, 1.807) is 0 Å². The molecule has 215 valence electrons. The molecule has 0 aromatic heterocycles. The average Bonchev–Trinajstić information content (AvgIpc) is 3.07. The highest BCUT2D eigenvalue weighted by Gasteiger charge is 2.19. The summed E-state index contributed by atoms with van der Waals surface area (Å²) in [6, 6.07) is 55.6. The van der Waals surface area contributed by atoms with Crippen molar-refractivity contribution >= 4 is 51.9 Å². The fourth-order valence-corrected chi connectivity index (χ4v) is 8.29. The van der Waals surface area contributed by atoms with E-state index in [0.717, 1.165) is 0 Å². The lowest BCUT2D eigenvalue weighted by atomic mass is 9.84. The maximum Gasteiger partial charge on any atom is 0.0460 e. The molecule has 0 amide bonds. The smallest absolute Gasteiger partial charge is 0.0460 e. The third kappa shape index (κ3) is 4.85. The number of hydrogen-bond acceptors (Lipinski definition) is 0. The van der Waals surface area contributed by atoms with Crippen molar-refractivity contribution in [1.29, 1.82) is 0 Å². The minimum absolute atomic E-state index is 0.391. The Hall–Kier alpha value is -4.98. The van der Waals surface area contributed by atoms with E-state index in [0.29, 0.717) is 0 Å². The molecular formula is C44H35Si. The molecule has 0 unspecified atom stereocenters. The normalized spacial score (nSPS) is 11.7. The molecule has 1 heteroatoms. The molecule has 0 aliphatic carbocycles. The van der Waals surface area contributed by atoms with Gasteiger partial charge in [-0.2, -0.15) is 0 Å². The predicted octanol–water partition coefficient (Wildman–Crippen LogP) is 12.4. The third-order valence-corrected chi connectivity index (χ3v) is 10.3. The highest BCUT2D eigenvalue weighted by Crippen LogP contribution is 2.45. The lowest BCUT2D eigenvalue weighted by Gasteiger charge is -2.20. The van der Waals surface area contributed by atoms with Crippen LogP contribution < -0.4 is 0 Å². The Balaban J connectivity index is 1.33. The van der Waals surface area contributed by atoms with Gasteiger partial charge in [0.05, 0.1) is 0 Å². The molecule has 1 radical (unpaired) electrons. The van der Waals surface area contributed by atoms with Gasteiger partial charge in [0.25, 0.3) is 0 Å². The molecule has 8 aromatic rings. The second-order valence-electron chi connectivity index (χ2n) is 12.7. The van der Waals surface area contributed by atoms with Gasteiger partial charge in [0.2, 0.25) is 0 Å². The van der Waals surface area contributed by atoms with Gasteiger partial charge in [-0.25, -0.2) is 0 Å². The van der Waals surface area contributed by atoms with E-state index >= 15 is 0 Å². The van der Waals surface area contributed by atoms with Gasteiger partial charge in [-0.1, -0.05) is 158 Å². The minimum atomic E-state index is -0.391. The van der Waals surface area contributed by atoms with Crippen molar-refractivity contribution < 1.29 is 0 Å². The van der Waals surface area contributed by atoms with Crippen molar-refractivity contribution in [2.24, 2.45) is 0 Å². The lowest BCUT2D eigenvalue weighted by molar-refractivity contribution is 1.39. The highest BCUT2D eigenvalue weighted by molar-refractivity contribution is 6.55. The summed E-state index contributed by atoms with van der Waals surface area (Å²) >= 11 is 0. The maximum absolute atomic E-state index is 2.41. The predicted molar refractivity (Wildman–Crippen MR) is 199 cm³/mol. The Kier molecular flexibility index (Phi) is 6.85. The zero-order valence-corrected chi connectivity index (χ0v) is 27.1. The van der Waals surface area contributed by atoms with Crippen LogP contribution in [-0.2, 0) is 6.04 Å². The van der Waals surface area contributed by atoms with E-state index in [9.17, 15) is 0 Å². The molecule has 0 aliphatic heterocycles. The molecular weight excluding hydrogens is 557 g/mol. The molecule has 0 atom stereocenters. The van der Waals surface area contributed by atoms with E-state index in [4.69, 9.17) is 0 Å². The fourth-order valence-electron chi connectivity index (χ4n) is 7.22. The van der Waals surface area contributed by atoms with Crippen LogP contribution in [0.2, 0.25) is 13.1 Å². The van der Waals surface area contributed by atoms with Crippen LogP contribution in [0.15, 0.2) is 146 Å². The topological polar surface area (TPSA) is 0 Å². The number of benzene rings is 8. The molecule has 0 saturated carbocycles. The molecule has 0 spiro atoms. The van der Waals surface area contributed by atoms with Crippen LogP contribution in [0.5, 0.6) is 0 Å². The second-order valence-corrected chi connectivity index (χ2v) is 15.5. The first-order valence-electron chi connectivity index (χ1n) is 15.9. The molecule has 0 fully saturated rings. The van der Waals surface area contributed by atoms with Gasteiger partial charge in [-0.05, 0) is 101 Å². The molecule has 0 bridgehead atoms. The summed E-state index contributed by atoms with van der Waals surface area (Å²) < 4.78 is 0. The number of aryl methyl sites for hydroxylation is 1. The lowest BCUT2D eigenvalue weighted by Crippen LogP contribution is -2.06. The fraction of sp³-hybridized carbons (Fsp3) is 0.0909. The zero-order valence-electron chi connectivity index (χ0n) is 26.1. The van der Waals surface area contributed by atoms with E-state index in [1.807, 2.05) is 0 Å². The van der Waals surface area contributed by atoms with Crippen molar-refractivity contribution in [2.75, 3.05) is 0 Å². The van der Waals surface area contributed by atoms with Gasteiger partial charge in [-0.3, -0.25) is 0 Å².